The number of hydrogen-bond acceptors (Lipinski definition) is 8. The molecule has 1 atom stereocenters. The molecule has 0 amide bonds. The van der Waals surface area contributed by atoms with Gasteiger partial charge in [-0.3, -0.25) is 13.9 Å². The van der Waals surface area contributed by atoms with E-state index in [1.165, 1.54) is 23.3 Å². The molecule has 1 fully saturated rings. The van der Waals surface area contributed by atoms with Gasteiger partial charge in [-0.15, -0.1) is 0 Å². The van der Waals surface area contributed by atoms with Gasteiger partial charge in [0.25, 0.3) is 5.56 Å². The van der Waals surface area contributed by atoms with Crippen LogP contribution in [0.3, 0.4) is 0 Å². The van der Waals surface area contributed by atoms with E-state index in [0.29, 0.717) is 41.5 Å². The SMILES string of the molecule is COc1cccc(CS(=O)(=O)c2nc3c(c(=O)n(CCCOC4CCCCO4)c(=O)n3C)n2Cc2ccc(Cl)cc2)c1. The van der Waals surface area contributed by atoms with Crippen LogP contribution in [-0.2, 0) is 45.2 Å². The number of ether oxygens (including phenoxy) is 3. The number of aromatic nitrogens is 4. The lowest BCUT2D eigenvalue weighted by molar-refractivity contribution is -0.163. The first kappa shape index (κ1) is 30.0. The third-order valence-electron chi connectivity index (χ3n) is 7.19. The fourth-order valence-corrected chi connectivity index (χ4v) is 6.62. The second-order valence-electron chi connectivity index (χ2n) is 10.2. The van der Waals surface area contributed by atoms with Gasteiger partial charge >= 0.3 is 5.69 Å². The maximum atomic E-state index is 13.8. The zero-order chi connectivity index (χ0) is 29.9. The van der Waals surface area contributed by atoms with Gasteiger partial charge in [-0.2, -0.15) is 4.98 Å². The maximum Gasteiger partial charge on any atom is 0.332 e. The Balaban J connectivity index is 1.55. The topological polar surface area (TPSA) is 124 Å². The van der Waals surface area contributed by atoms with E-state index in [4.69, 9.17) is 25.8 Å². The molecule has 224 valence electrons. The van der Waals surface area contributed by atoms with Gasteiger partial charge in [-0.25, -0.2) is 13.2 Å². The summed E-state index contributed by atoms with van der Waals surface area (Å²) in [5, 5.41) is 0.212. The quantitative estimate of drug-likeness (QED) is 0.235. The van der Waals surface area contributed by atoms with Crippen molar-refractivity contribution in [1.29, 1.82) is 0 Å². The van der Waals surface area contributed by atoms with Crippen LogP contribution in [0.15, 0.2) is 63.3 Å². The number of hydrogen-bond donors (Lipinski definition) is 0. The molecular weight excluding hydrogens is 584 g/mol. The van der Waals surface area contributed by atoms with Crippen molar-refractivity contribution in [3.8, 4) is 5.75 Å². The van der Waals surface area contributed by atoms with Crippen molar-refractivity contribution in [2.75, 3.05) is 20.3 Å². The van der Waals surface area contributed by atoms with E-state index < -0.39 is 21.1 Å². The summed E-state index contributed by atoms with van der Waals surface area (Å²) in [5.41, 5.74) is 0.00427. The Morgan fingerprint density at radius 3 is 2.57 bits per heavy atom. The Bertz CT molecular complexity index is 1790. The molecule has 13 heteroatoms. The van der Waals surface area contributed by atoms with Crippen LogP contribution >= 0.6 is 11.6 Å². The first-order chi connectivity index (χ1) is 20.2. The number of methoxy groups -OCH3 is 1. The molecule has 3 heterocycles. The van der Waals surface area contributed by atoms with Gasteiger partial charge in [-0.05, 0) is 61.1 Å². The Morgan fingerprint density at radius 2 is 1.86 bits per heavy atom. The Morgan fingerprint density at radius 1 is 1.07 bits per heavy atom. The number of sulfone groups is 1. The molecule has 1 aliphatic heterocycles. The molecule has 11 nitrogen and oxygen atoms in total. The fourth-order valence-electron chi connectivity index (χ4n) is 5.03. The summed E-state index contributed by atoms with van der Waals surface area (Å²) >= 11 is 6.07. The van der Waals surface area contributed by atoms with E-state index in [9.17, 15) is 18.0 Å². The maximum absolute atomic E-state index is 13.8. The highest BCUT2D eigenvalue weighted by Gasteiger charge is 2.28. The van der Waals surface area contributed by atoms with Gasteiger partial charge in [0.15, 0.2) is 17.5 Å². The summed E-state index contributed by atoms with van der Waals surface area (Å²) in [6.07, 6.45) is 2.96. The standard InChI is InChI=1S/C29H33ClN4O7S/c1-32-26-25(27(35)33(29(32)36)14-6-16-41-24-9-3-4-15-40-24)34(18-20-10-12-22(30)13-11-20)28(31-26)42(37,38)19-21-7-5-8-23(17-21)39-2/h5,7-8,10-13,17,24H,3-4,6,9,14-16,18-19H2,1-2H3. The lowest BCUT2D eigenvalue weighted by Crippen LogP contribution is -2.40. The first-order valence-corrected chi connectivity index (χ1v) is 15.7. The number of benzene rings is 2. The number of imidazole rings is 1. The van der Waals surface area contributed by atoms with Crippen molar-refractivity contribution in [1.82, 2.24) is 18.7 Å². The highest BCUT2D eigenvalue weighted by atomic mass is 35.5. The monoisotopic (exact) mass is 616 g/mol. The molecule has 0 radical (unpaired) electrons. The number of aryl methyl sites for hydroxylation is 1. The smallest absolute Gasteiger partial charge is 0.332 e. The summed E-state index contributed by atoms with van der Waals surface area (Å²) < 4.78 is 47.9. The van der Waals surface area contributed by atoms with Crippen molar-refractivity contribution < 1.29 is 22.6 Å². The molecule has 2 aromatic heterocycles. The minimum absolute atomic E-state index is 0.00807. The largest absolute Gasteiger partial charge is 0.497 e. The molecule has 1 aliphatic rings. The summed E-state index contributed by atoms with van der Waals surface area (Å²) in [4.78, 5) is 31.5. The average Bonchev–Trinajstić information content (AvgIpc) is 3.37. The highest BCUT2D eigenvalue weighted by Crippen LogP contribution is 2.24. The van der Waals surface area contributed by atoms with Crippen molar-refractivity contribution in [3.05, 3.63) is 85.5 Å². The number of rotatable bonds is 11. The summed E-state index contributed by atoms with van der Waals surface area (Å²) in [7, 11) is -1.10. The van der Waals surface area contributed by atoms with Crippen LogP contribution in [0.25, 0.3) is 11.2 Å². The van der Waals surface area contributed by atoms with Crippen molar-refractivity contribution >= 4 is 32.6 Å². The minimum atomic E-state index is -4.08. The summed E-state index contributed by atoms with van der Waals surface area (Å²) in [6.45, 7) is 1.08. The molecule has 5 rings (SSSR count). The molecule has 0 bridgehead atoms. The van der Waals surface area contributed by atoms with Crippen molar-refractivity contribution in [2.45, 2.75) is 56.0 Å². The molecule has 0 aliphatic carbocycles. The van der Waals surface area contributed by atoms with Crippen LogP contribution in [0.1, 0.15) is 36.8 Å². The molecule has 0 N–H and O–H groups in total. The summed E-state index contributed by atoms with van der Waals surface area (Å²) in [6, 6.07) is 13.6. The van der Waals surface area contributed by atoms with Gasteiger partial charge in [-0.1, -0.05) is 35.9 Å². The van der Waals surface area contributed by atoms with Crippen LogP contribution < -0.4 is 16.0 Å². The predicted octanol–water partition coefficient (Wildman–Crippen LogP) is 3.51. The second kappa shape index (κ2) is 12.8. The predicted molar refractivity (Wildman–Crippen MR) is 158 cm³/mol. The fraction of sp³-hybridized carbons (Fsp3) is 0.414. The Kier molecular flexibility index (Phi) is 9.16. The van der Waals surface area contributed by atoms with Crippen LogP contribution in [0.2, 0.25) is 5.02 Å². The van der Waals surface area contributed by atoms with Crippen molar-refractivity contribution in [2.24, 2.45) is 7.05 Å². The average molecular weight is 617 g/mol. The zero-order valence-electron chi connectivity index (χ0n) is 23.5. The Hall–Kier alpha value is -3.45. The van der Waals surface area contributed by atoms with E-state index in [-0.39, 0.29) is 41.5 Å². The molecule has 0 saturated carbocycles. The Labute approximate surface area is 248 Å². The van der Waals surface area contributed by atoms with Crippen LogP contribution in [0, 0.1) is 0 Å². The number of fused-ring (bicyclic) bond motifs is 1. The third-order valence-corrected chi connectivity index (χ3v) is 9.02. The van der Waals surface area contributed by atoms with Crippen molar-refractivity contribution in [3.63, 3.8) is 0 Å². The zero-order valence-corrected chi connectivity index (χ0v) is 25.1. The second-order valence-corrected chi connectivity index (χ2v) is 12.5. The van der Waals surface area contributed by atoms with E-state index in [1.807, 2.05) is 0 Å². The molecular formula is C29H33ClN4O7S. The normalized spacial score (nSPS) is 15.7. The van der Waals surface area contributed by atoms with Gasteiger partial charge in [0.2, 0.25) is 15.0 Å². The molecule has 4 aromatic rings. The highest BCUT2D eigenvalue weighted by molar-refractivity contribution is 7.90. The molecule has 1 unspecified atom stereocenters. The van der Waals surface area contributed by atoms with E-state index in [1.54, 1.807) is 48.5 Å². The van der Waals surface area contributed by atoms with E-state index >= 15 is 0 Å². The third kappa shape index (κ3) is 6.46. The van der Waals surface area contributed by atoms with Gasteiger partial charge in [0.1, 0.15) is 5.75 Å². The minimum Gasteiger partial charge on any atom is -0.497 e. The molecule has 2 aromatic carbocycles. The van der Waals surface area contributed by atoms with E-state index in [0.717, 1.165) is 23.8 Å². The lowest BCUT2D eigenvalue weighted by Gasteiger charge is -2.22. The van der Waals surface area contributed by atoms with Gasteiger partial charge in [0, 0.05) is 25.2 Å². The van der Waals surface area contributed by atoms with Crippen LogP contribution in [0.5, 0.6) is 5.75 Å². The number of halogens is 1. The molecule has 42 heavy (non-hydrogen) atoms. The van der Waals surface area contributed by atoms with Gasteiger partial charge < -0.3 is 18.8 Å². The van der Waals surface area contributed by atoms with Crippen LogP contribution in [0.4, 0.5) is 0 Å². The molecule has 1 saturated heterocycles. The van der Waals surface area contributed by atoms with E-state index in [2.05, 4.69) is 4.98 Å². The number of nitrogens with zero attached hydrogens (tertiary/aromatic N) is 4. The van der Waals surface area contributed by atoms with Crippen LogP contribution in [-0.4, -0.2) is 53.7 Å². The van der Waals surface area contributed by atoms with Gasteiger partial charge in [0.05, 0.1) is 26.0 Å². The summed E-state index contributed by atoms with van der Waals surface area (Å²) in [5.74, 6) is 0.137. The first-order valence-electron chi connectivity index (χ1n) is 13.7. The molecule has 0 spiro atoms. The lowest BCUT2D eigenvalue weighted by atomic mass is 10.2.